The molecule has 4 rings (SSSR count). The molecule has 0 bridgehead atoms. The van der Waals surface area contributed by atoms with Gasteiger partial charge in [0, 0.05) is 30.7 Å². The van der Waals surface area contributed by atoms with E-state index in [2.05, 4.69) is 5.32 Å². The number of benzene rings is 2. The van der Waals surface area contributed by atoms with Gasteiger partial charge in [-0.15, -0.1) is 0 Å². The first-order valence-corrected chi connectivity index (χ1v) is 14.2. The van der Waals surface area contributed by atoms with Crippen LogP contribution < -0.4 is 5.32 Å². The van der Waals surface area contributed by atoms with Crippen molar-refractivity contribution in [3.63, 3.8) is 0 Å². The maximum atomic E-state index is 13.2. The van der Waals surface area contributed by atoms with Crippen LogP contribution in [0.4, 0.5) is 4.79 Å². The molecule has 196 valence electrons. The number of nitrogens with zero attached hydrogens (tertiary/aromatic N) is 2. The third-order valence-electron chi connectivity index (χ3n) is 6.74. The molecular formula is C26H34ClN3O5S. The number of piperazine rings is 1. The maximum absolute atomic E-state index is 13.2. The molecule has 1 saturated carbocycles. The van der Waals surface area contributed by atoms with Crippen LogP contribution in [0.15, 0.2) is 41.3 Å². The fraction of sp³-hybridized carbons (Fsp3) is 0.538. The van der Waals surface area contributed by atoms with E-state index in [0.717, 1.165) is 36.5 Å². The molecule has 8 nitrogen and oxygen atoms in total. The molecule has 2 aromatic rings. The van der Waals surface area contributed by atoms with E-state index >= 15 is 0 Å². The van der Waals surface area contributed by atoms with E-state index in [4.69, 9.17) is 16.3 Å². The Morgan fingerprint density at radius 2 is 1.72 bits per heavy atom. The third kappa shape index (κ3) is 6.49. The second kappa shape index (κ2) is 10.6. The molecule has 0 atom stereocenters. The number of hydrogen-bond donors (Lipinski definition) is 1. The van der Waals surface area contributed by atoms with Gasteiger partial charge in [-0.2, -0.15) is 4.31 Å². The second-order valence-electron chi connectivity index (χ2n) is 10.7. The van der Waals surface area contributed by atoms with Gasteiger partial charge >= 0.3 is 6.09 Å². The van der Waals surface area contributed by atoms with E-state index in [1.165, 1.54) is 4.31 Å². The average Bonchev–Trinajstić information content (AvgIpc) is 2.80. The molecule has 2 aliphatic rings. The van der Waals surface area contributed by atoms with E-state index in [0.29, 0.717) is 24.0 Å². The lowest BCUT2D eigenvalue weighted by Crippen LogP contribution is -2.53. The smallest absolute Gasteiger partial charge is 0.407 e. The standard InChI is InChI=1S/C26H34ClN3O5S/c1-26(2,3)35-25(32)28-22-9-4-18(5-10-22)16-29-12-13-30(17-24(29)31)36(33,34)23-11-7-19-14-21(27)8-6-20(19)15-23/h6-8,11,14-15,18,22H,4-5,9-10,12-13,16-17H2,1-3H3,(H,28,32). The Balaban J connectivity index is 1.29. The SMILES string of the molecule is CC(C)(C)OC(=O)NC1CCC(CN2CCN(S(=O)(=O)c3ccc4cc(Cl)ccc4c3)CC2=O)CC1. The molecule has 1 N–H and O–H groups in total. The van der Waals surface area contributed by atoms with Crippen LogP contribution in [-0.2, 0) is 19.6 Å². The molecule has 1 aliphatic heterocycles. The molecule has 1 aliphatic carbocycles. The zero-order chi connectivity index (χ0) is 26.1. The van der Waals surface area contributed by atoms with Gasteiger partial charge in [0.15, 0.2) is 0 Å². The first-order valence-electron chi connectivity index (χ1n) is 12.4. The largest absolute Gasteiger partial charge is 0.444 e. The normalized spacial score (nSPS) is 22.0. The maximum Gasteiger partial charge on any atom is 0.407 e. The lowest BCUT2D eigenvalue weighted by atomic mass is 9.85. The summed E-state index contributed by atoms with van der Waals surface area (Å²) in [5, 5.41) is 5.17. The highest BCUT2D eigenvalue weighted by atomic mass is 35.5. The van der Waals surface area contributed by atoms with Gasteiger partial charge in [-0.25, -0.2) is 13.2 Å². The molecule has 0 unspecified atom stereocenters. The predicted molar refractivity (Wildman–Crippen MR) is 139 cm³/mol. The molecule has 0 aromatic heterocycles. The van der Waals surface area contributed by atoms with Crippen LogP contribution >= 0.6 is 11.6 Å². The van der Waals surface area contributed by atoms with Gasteiger partial charge in [0.05, 0.1) is 11.4 Å². The van der Waals surface area contributed by atoms with Crippen LogP contribution in [0.3, 0.4) is 0 Å². The minimum Gasteiger partial charge on any atom is -0.444 e. The van der Waals surface area contributed by atoms with Crippen LogP contribution in [0.2, 0.25) is 5.02 Å². The van der Waals surface area contributed by atoms with Crippen LogP contribution in [0.1, 0.15) is 46.5 Å². The lowest BCUT2D eigenvalue weighted by molar-refractivity contribution is -0.134. The fourth-order valence-electron chi connectivity index (χ4n) is 4.86. The molecule has 1 heterocycles. The Morgan fingerprint density at radius 1 is 1.06 bits per heavy atom. The number of ether oxygens (including phenoxy) is 1. The highest BCUT2D eigenvalue weighted by Crippen LogP contribution is 2.28. The molecule has 2 amide bonds. The van der Waals surface area contributed by atoms with Crippen LogP contribution in [-0.4, -0.2) is 67.4 Å². The van der Waals surface area contributed by atoms with Gasteiger partial charge in [-0.3, -0.25) is 4.79 Å². The number of sulfonamides is 1. The summed E-state index contributed by atoms with van der Waals surface area (Å²) in [6.45, 7) is 6.61. The van der Waals surface area contributed by atoms with Gasteiger partial charge < -0.3 is 15.0 Å². The Hall–Kier alpha value is -2.36. The summed E-state index contributed by atoms with van der Waals surface area (Å²) in [6, 6.07) is 10.3. The molecule has 2 aromatic carbocycles. The van der Waals surface area contributed by atoms with Gasteiger partial charge in [0.25, 0.3) is 0 Å². The number of carbonyl (C=O) groups excluding carboxylic acids is 2. The van der Waals surface area contributed by atoms with Gasteiger partial charge in [0.1, 0.15) is 5.60 Å². The van der Waals surface area contributed by atoms with Crippen molar-refractivity contribution in [1.82, 2.24) is 14.5 Å². The summed E-state index contributed by atoms with van der Waals surface area (Å²) in [5.41, 5.74) is -0.528. The quantitative estimate of drug-likeness (QED) is 0.612. The lowest BCUT2D eigenvalue weighted by Gasteiger charge is -2.37. The minimum atomic E-state index is -3.78. The van der Waals surface area contributed by atoms with Gasteiger partial charge in [-0.1, -0.05) is 23.7 Å². The van der Waals surface area contributed by atoms with Crippen molar-refractivity contribution < 1.29 is 22.7 Å². The van der Waals surface area contributed by atoms with Crippen molar-refractivity contribution in [3.05, 3.63) is 41.4 Å². The van der Waals surface area contributed by atoms with Gasteiger partial charge in [0.2, 0.25) is 15.9 Å². The molecule has 1 saturated heterocycles. The van der Waals surface area contributed by atoms with Crippen molar-refractivity contribution in [2.75, 3.05) is 26.2 Å². The van der Waals surface area contributed by atoms with Crippen molar-refractivity contribution >= 4 is 44.4 Å². The summed E-state index contributed by atoms with van der Waals surface area (Å²) < 4.78 is 33.1. The van der Waals surface area contributed by atoms with Crippen LogP contribution in [0.25, 0.3) is 10.8 Å². The highest BCUT2D eigenvalue weighted by molar-refractivity contribution is 7.89. The summed E-state index contributed by atoms with van der Waals surface area (Å²) in [5.74, 6) is 0.160. The molecule has 0 radical (unpaired) electrons. The molecule has 36 heavy (non-hydrogen) atoms. The number of alkyl carbamates (subject to hydrolysis) is 1. The zero-order valence-electron chi connectivity index (χ0n) is 21.0. The van der Waals surface area contributed by atoms with Crippen molar-refractivity contribution in [2.45, 2.75) is 63.0 Å². The molecular weight excluding hydrogens is 502 g/mol. The summed E-state index contributed by atoms with van der Waals surface area (Å²) in [7, 11) is -3.78. The molecule has 0 spiro atoms. The number of nitrogens with one attached hydrogen (secondary N) is 1. The number of rotatable bonds is 5. The average molecular weight is 536 g/mol. The van der Waals surface area contributed by atoms with Crippen LogP contribution in [0, 0.1) is 5.92 Å². The van der Waals surface area contributed by atoms with E-state index in [1.807, 2.05) is 20.8 Å². The van der Waals surface area contributed by atoms with E-state index in [1.54, 1.807) is 41.3 Å². The first-order chi connectivity index (χ1) is 16.9. The topological polar surface area (TPSA) is 96.0 Å². The van der Waals surface area contributed by atoms with Crippen molar-refractivity contribution in [3.8, 4) is 0 Å². The predicted octanol–water partition coefficient (Wildman–Crippen LogP) is 4.41. The summed E-state index contributed by atoms with van der Waals surface area (Å²) >= 11 is 6.03. The highest BCUT2D eigenvalue weighted by Gasteiger charge is 2.34. The fourth-order valence-corrected chi connectivity index (χ4v) is 6.46. The number of fused-ring (bicyclic) bond motifs is 1. The van der Waals surface area contributed by atoms with E-state index < -0.39 is 21.7 Å². The van der Waals surface area contributed by atoms with E-state index in [9.17, 15) is 18.0 Å². The number of amides is 2. The summed E-state index contributed by atoms with van der Waals surface area (Å²) in [6.07, 6.45) is 3.06. The Bertz CT molecular complexity index is 1240. The third-order valence-corrected chi connectivity index (χ3v) is 8.82. The van der Waals surface area contributed by atoms with E-state index in [-0.39, 0.29) is 29.9 Å². The Morgan fingerprint density at radius 3 is 2.39 bits per heavy atom. The minimum absolute atomic E-state index is 0.0757. The zero-order valence-corrected chi connectivity index (χ0v) is 22.6. The summed E-state index contributed by atoms with van der Waals surface area (Å²) in [4.78, 5) is 26.8. The Labute approximate surface area is 218 Å². The monoisotopic (exact) mass is 535 g/mol. The Kier molecular flexibility index (Phi) is 7.83. The number of halogens is 1. The first kappa shape index (κ1) is 26.7. The van der Waals surface area contributed by atoms with Crippen LogP contribution in [0.5, 0.6) is 0 Å². The molecule has 2 fully saturated rings. The van der Waals surface area contributed by atoms with Gasteiger partial charge in [-0.05, 0) is 87.4 Å². The second-order valence-corrected chi connectivity index (χ2v) is 13.1. The number of carbonyl (C=O) groups is 2. The number of hydrogen-bond acceptors (Lipinski definition) is 5. The molecule has 10 heteroatoms. The van der Waals surface area contributed by atoms with Crippen molar-refractivity contribution in [1.29, 1.82) is 0 Å². The van der Waals surface area contributed by atoms with Crippen molar-refractivity contribution in [2.24, 2.45) is 5.92 Å².